The summed E-state index contributed by atoms with van der Waals surface area (Å²) in [7, 11) is 2.74. The number of methoxy groups -OCH3 is 2. The summed E-state index contributed by atoms with van der Waals surface area (Å²) >= 11 is -2.13. The lowest BCUT2D eigenvalue weighted by Crippen LogP contribution is -2.07. The van der Waals surface area contributed by atoms with E-state index in [-0.39, 0.29) is 11.3 Å². The van der Waals surface area contributed by atoms with E-state index in [1.807, 2.05) is 0 Å². The third-order valence-corrected chi connectivity index (χ3v) is 2.79. The van der Waals surface area contributed by atoms with Crippen molar-refractivity contribution in [1.82, 2.24) is 0 Å². The van der Waals surface area contributed by atoms with Gasteiger partial charge in [0.2, 0.25) is 0 Å². The van der Waals surface area contributed by atoms with Gasteiger partial charge in [0.1, 0.15) is 5.75 Å². The second-order valence-corrected chi connectivity index (χ2v) is 3.91. The Morgan fingerprint density at radius 2 is 2.12 bits per heavy atom. The maximum atomic E-state index is 11.1. The molecule has 0 heterocycles. The van der Waals surface area contributed by atoms with E-state index in [0.29, 0.717) is 11.3 Å². The van der Waals surface area contributed by atoms with E-state index in [1.165, 1.54) is 20.3 Å². The average Bonchev–Trinajstić information content (AvgIpc) is 2.28. The van der Waals surface area contributed by atoms with E-state index >= 15 is 0 Å². The Balaban J connectivity index is 3.10. The predicted octanol–water partition coefficient (Wildman–Crippen LogP) is 0.991. The van der Waals surface area contributed by atoms with Crippen molar-refractivity contribution >= 4 is 17.0 Å². The molecule has 5 nitrogen and oxygen atoms in total. The predicted molar refractivity (Wildman–Crippen MR) is 57.8 cm³/mol. The molecular weight excluding hydrogens is 232 g/mol. The molecule has 0 amide bonds. The normalized spacial score (nSPS) is 11.9. The zero-order valence-corrected chi connectivity index (χ0v) is 9.74. The van der Waals surface area contributed by atoms with Crippen molar-refractivity contribution in [2.75, 3.05) is 14.2 Å². The molecule has 0 saturated heterocycles. The molecule has 0 aliphatic carbocycles. The third-order valence-electron chi connectivity index (χ3n) is 2.02. The zero-order valence-electron chi connectivity index (χ0n) is 8.93. The topological polar surface area (TPSA) is 72.8 Å². The standard InChI is InChI=1S/C10H12O5S/c1-14-8-3-4-9(16(12)13)7(5-8)6-10(11)15-2/h3-5H,6H2,1-2H3,(H,12,13). The highest BCUT2D eigenvalue weighted by atomic mass is 32.2. The first kappa shape index (κ1) is 12.7. The van der Waals surface area contributed by atoms with Gasteiger partial charge in [0, 0.05) is 0 Å². The van der Waals surface area contributed by atoms with Crippen molar-refractivity contribution in [2.24, 2.45) is 0 Å². The third kappa shape index (κ3) is 3.04. The molecule has 6 heteroatoms. The number of esters is 1. The first-order valence-electron chi connectivity index (χ1n) is 4.43. The van der Waals surface area contributed by atoms with Gasteiger partial charge < -0.3 is 14.0 Å². The largest absolute Gasteiger partial charge is 0.497 e. The SMILES string of the molecule is COC(=O)Cc1cc(OC)ccc1S(=O)O. The van der Waals surface area contributed by atoms with Crippen molar-refractivity contribution in [2.45, 2.75) is 11.3 Å². The number of rotatable bonds is 4. The lowest BCUT2D eigenvalue weighted by molar-refractivity contribution is -0.139. The molecule has 0 saturated carbocycles. The molecule has 16 heavy (non-hydrogen) atoms. The Labute approximate surface area is 95.7 Å². The Morgan fingerprint density at radius 3 is 2.62 bits per heavy atom. The maximum absolute atomic E-state index is 11.1. The molecule has 1 unspecified atom stereocenters. The van der Waals surface area contributed by atoms with Gasteiger partial charge in [-0.15, -0.1) is 0 Å². The molecule has 0 bridgehead atoms. The second-order valence-electron chi connectivity index (χ2n) is 2.98. The van der Waals surface area contributed by atoms with Crippen LogP contribution in [0.1, 0.15) is 5.56 Å². The van der Waals surface area contributed by atoms with Gasteiger partial charge in [0.25, 0.3) is 0 Å². The van der Waals surface area contributed by atoms with Crippen LogP contribution in [-0.4, -0.2) is 29.0 Å². The minimum Gasteiger partial charge on any atom is -0.497 e. The molecule has 1 aromatic carbocycles. The van der Waals surface area contributed by atoms with Crippen molar-refractivity contribution in [1.29, 1.82) is 0 Å². The summed E-state index contributed by atoms with van der Waals surface area (Å²) in [6.07, 6.45) is -0.0602. The second kappa shape index (κ2) is 5.62. The number of hydrogen-bond acceptors (Lipinski definition) is 4. The summed E-state index contributed by atoms with van der Waals surface area (Å²) in [5.41, 5.74) is 0.423. The lowest BCUT2D eigenvalue weighted by atomic mass is 10.1. The summed E-state index contributed by atoms with van der Waals surface area (Å²) in [6.45, 7) is 0. The van der Waals surface area contributed by atoms with Gasteiger partial charge in [0.15, 0.2) is 11.1 Å². The van der Waals surface area contributed by atoms with E-state index in [1.54, 1.807) is 12.1 Å². The van der Waals surface area contributed by atoms with Crippen LogP contribution in [0.2, 0.25) is 0 Å². The quantitative estimate of drug-likeness (QED) is 0.631. The first-order chi connectivity index (χ1) is 7.58. The molecule has 1 aromatic rings. The Morgan fingerprint density at radius 1 is 1.44 bits per heavy atom. The highest BCUT2D eigenvalue weighted by Gasteiger charge is 2.13. The van der Waals surface area contributed by atoms with Crippen LogP contribution in [0, 0.1) is 0 Å². The monoisotopic (exact) mass is 244 g/mol. The lowest BCUT2D eigenvalue weighted by Gasteiger charge is -2.07. The molecule has 1 N–H and O–H groups in total. The Kier molecular flexibility index (Phi) is 4.45. The highest BCUT2D eigenvalue weighted by Crippen LogP contribution is 2.20. The van der Waals surface area contributed by atoms with Gasteiger partial charge in [-0.05, 0) is 23.8 Å². The van der Waals surface area contributed by atoms with Crippen molar-refractivity contribution in [3.63, 3.8) is 0 Å². The molecule has 88 valence electrons. The van der Waals surface area contributed by atoms with Crippen molar-refractivity contribution < 1.29 is 23.0 Å². The van der Waals surface area contributed by atoms with E-state index in [4.69, 9.17) is 9.29 Å². The van der Waals surface area contributed by atoms with Crippen LogP contribution in [0.4, 0.5) is 0 Å². The van der Waals surface area contributed by atoms with E-state index < -0.39 is 17.0 Å². The van der Waals surface area contributed by atoms with Crippen LogP contribution in [-0.2, 0) is 27.0 Å². The summed E-state index contributed by atoms with van der Waals surface area (Å²) < 4.78 is 29.5. The fourth-order valence-corrected chi connectivity index (χ4v) is 1.76. The van der Waals surface area contributed by atoms with E-state index in [0.717, 1.165) is 0 Å². The molecule has 0 aliphatic heterocycles. The minimum atomic E-state index is -2.13. The number of carbonyl (C=O) groups excluding carboxylic acids is 1. The smallest absolute Gasteiger partial charge is 0.310 e. The highest BCUT2D eigenvalue weighted by molar-refractivity contribution is 7.79. The van der Waals surface area contributed by atoms with Crippen LogP contribution in [0.15, 0.2) is 23.1 Å². The van der Waals surface area contributed by atoms with Crippen LogP contribution < -0.4 is 4.74 Å². The van der Waals surface area contributed by atoms with E-state index in [9.17, 15) is 9.00 Å². The van der Waals surface area contributed by atoms with E-state index in [2.05, 4.69) is 4.74 Å². The molecule has 1 atom stereocenters. The summed E-state index contributed by atoms with van der Waals surface area (Å²) in [6, 6.07) is 4.55. The van der Waals surface area contributed by atoms with Gasteiger partial charge in [-0.3, -0.25) is 4.79 Å². The molecule has 0 aliphatic rings. The van der Waals surface area contributed by atoms with Crippen molar-refractivity contribution in [3.8, 4) is 5.75 Å². The zero-order chi connectivity index (χ0) is 12.1. The van der Waals surface area contributed by atoms with Crippen LogP contribution in [0.5, 0.6) is 5.75 Å². The van der Waals surface area contributed by atoms with Gasteiger partial charge in [0.05, 0.1) is 25.5 Å². The van der Waals surface area contributed by atoms with Gasteiger partial charge in [-0.1, -0.05) is 0 Å². The molecular formula is C10H12O5S. The fourth-order valence-electron chi connectivity index (χ4n) is 1.22. The first-order valence-corrected chi connectivity index (χ1v) is 5.53. The molecule has 0 aromatic heterocycles. The molecule has 0 spiro atoms. The fraction of sp³-hybridized carbons (Fsp3) is 0.300. The van der Waals surface area contributed by atoms with Gasteiger partial charge in [-0.2, -0.15) is 0 Å². The minimum absolute atomic E-state index is 0.0602. The summed E-state index contributed by atoms with van der Waals surface area (Å²) in [5.74, 6) is 0.0491. The van der Waals surface area contributed by atoms with Crippen LogP contribution in [0.25, 0.3) is 0 Å². The van der Waals surface area contributed by atoms with Gasteiger partial charge >= 0.3 is 5.97 Å². The molecule has 0 radical (unpaired) electrons. The van der Waals surface area contributed by atoms with Crippen LogP contribution >= 0.6 is 0 Å². The number of hydrogen-bond donors (Lipinski definition) is 1. The van der Waals surface area contributed by atoms with Gasteiger partial charge in [-0.25, -0.2) is 4.21 Å². The molecule has 0 fully saturated rings. The molecule has 1 rings (SSSR count). The Bertz CT molecular complexity index is 416. The summed E-state index contributed by atoms with van der Waals surface area (Å²) in [5, 5.41) is 0. The maximum Gasteiger partial charge on any atom is 0.310 e. The van der Waals surface area contributed by atoms with Crippen LogP contribution in [0.3, 0.4) is 0 Å². The number of ether oxygens (including phenoxy) is 2. The Hall–Kier alpha value is -1.40. The van der Waals surface area contributed by atoms with Crippen molar-refractivity contribution in [3.05, 3.63) is 23.8 Å². The number of carbonyl (C=O) groups is 1. The average molecular weight is 244 g/mol. The summed E-state index contributed by atoms with van der Waals surface area (Å²) in [4.78, 5) is 11.3. The number of benzene rings is 1.